The molecule has 3 nitrogen and oxygen atoms in total. The summed E-state index contributed by atoms with van der Waals surface area (Å²) in [5, 5.41) is 0. The molecule has 0 fully saturated rings. The van der Waals surface area contributed by atoms with Crippen LogP contribution in [0, 0.1) is 12.7 Å². The Hall–Kier alpha value is -2.66. The van der Waals surface area contributed by atoms with Crippen molar-refractivity contribution in [2.45, 2.75) is 18.4 Å². The summed E-state index contributed by atoms with van der Waals surface area (Å²) in [6, 6.07) is 21.4. The molecular formula is C20H18FNO2S. The summed E-state index contributed by atoms with van der Waals surface area (Å²) in [5.74, 6) is -0.406. The monoisotopic (exact) mass is 355 g/mol. The lowest BCUT2D eigenvalue weighted by Crippen LogP contribution is -2.30. The van der Waals surface area contributed by atoms with Crippen molar-refractivity contribution in [3.63, 3.8) is 0 Å². The highest BCUT2D eigenvalue weighted by Gasteiger charge is 2.25. The maximum atomic E-state index is 13.3. The Bertz CT molecular complexity index is 955. The number of hydrogen-bond acceptors (Lipinski definition) is 2. The van der Waals surface area contributed by atoms with Gasteiger partial charge in [0.2, 0.25) is 0 Å². The van der Waals surface area contributed by atoms with Gasteiger partial charge in [-0.1, -0.05) is 48.0 Å². The summed E-state index contributed by atoms with van der Waals surface area (Å²) < 4.78 is 40.9. The van der Waals surface area contributed by atoms with Crippen molar-refractivity contribution in [2.75, 3.05) is 4.31 Å². The van der Waals surface area contributed by atoms with Gasteiger partial charge in [-0.25, -0.2) is 12.8 Å². The molecule has 0 heterocycles. The average molecular weight is 355 g/mol. The van der Waals surface area contributed by atoms with Crippen molar-refractivity contribution < 1.29 is 12.8 Å². The Morgan fingerprint density at radius 1 is 0.880 bits per heavy atom. The van der Waals surface area contributed by atoms with E-state index in [1.807, 2.05) is 31.2 Å². The highest BCUT2D eigenvalue weighted by atomic mass is 32.2. The first-order valence-electron chi connectivity index (χ1n) is 7.86. The molecular weight excluding hydrogens is 337 g/mol. The van der Waals surface area contributed by atoms with Gasteiger partial charge in [-0.3, -0.25) is 4.31 Å². The zero-order chi connectivity index (χ0) is 17.9. The van der Waals surface area contributed by atoms with E-state index < -0.39 is 15.8 Å². The van der Waals surface area contributed by atoms with Crippen LogP contribution in [0.25, 0.3) is 0 Å². The molecule has 0 aliphatic carbocycles. The topological polar surface area (TPSA) is 37.4 Å². The lowest BCUT2D eigenvalue weighted by molar-refractivity contribution is 0.590. The van der Waals surface area contributed by atoms with E-state index in [0.717, 1.165) is 11.1 Å². The van der Waals surface area contributed by atoms with E-state index in [-0.39, 0.29) is 11.4 Å². The van der Waals surface area contributed by atoms with E-state index in [2.05, 4.69) is 0 Å². The molecule has 0 unspecified atom stereocenters. The minimum absolute atomic E-state index is 0.171. The molecule has 25 heavy (non-hydrogen) atoms. The second kappa shape index (κ2) is 7.07. The number of rotatable bonds is 5. The van der Waals surface area contributed by atoms with Crippen LogP contribution in [-0.4, -0.2) is 8.42 Å². The number of anilines is 1. The van der Waals surface area contributed by atoms with E-state index in [9.17, 15) is 12.8 Å². The standard InChI is InChI=1S/C20H18FNO2S/c1-16-6-5-7-17(14-16)15-22(19-12-10-18(21)11-13-19)25(23,24)20-8-3-2-4-9-20/h2-14H,15H2,1H3. The van der Waals surface area contributed by atoms with Crippen molar-refractivity contribution in [1.29, 1.82) is 0 Å². The maximum absolute atomic E-state index is 13.3. The van der Waals surface area contributed by atoms with Gasteiger partial charge in [0.05, 0.1) is 17.1 Å². The first-order chi connectivity index (χ1) is 12.0. The van der Waals surface area contributed by atoms with E-state index in [1.54, 1.807) is 30.3 Å². The molecule has 0 atom stereocenters. The quantitative estimate of drug-likeness (QED) is 0.674. The van der Waals surface area contributed by atoms with Crippen molar-refractivity contribution in [1.82, 2.24) is 0 Å². The number of sulfonamides is 1. The zero-order valence-electron chi connectivity index (χ0n) is 13.8. The summed E-state index contributed by atoms with van der Waals surface area (Å²) in [7, 11) is -3.77. The predicted molar refractivity (Wildman–Crippen MR) is 97.4 cm³/mol. The van der Waals surface area contributed by atoms with Crippen LogP contribution in [-0.2, 0) is 16.6 Å². The Morgan fingerprint density at radius 2 is 1.56 bits per heavy atom. The summed E-state index contributed by atoms with van der Waals surface area (Å²) in [5.41, 5.74) is 2.34. The van der Waals surface area contributed by atoms with Crippen molar-refractivity contribution in [2.24, 2.45) is 0 Å². The number of benzene rings is 3. The van der Waals surface area contributed by atoms with Crippen LogP contribution in [0.2, 0.25) is 0 Å². The van der Waals surface area contributed by atoms with E-state index in [0.29, 0.717) is 5.69 Å². The highest BCUT2D eigenvalue weighted by molar-refractivity contribution is 7.92. The van der Waals surface area contributed by atoms with Crippen LogP contribution in [0.4, 0.5) is 10.1 Å². The van der Waals surface area contributed by atoms with Crippen LogP contribution in [0.3, 0.4) is 0 Å². The van der Waals surface area contributed by atoms with Crippen LogP contribution >= 0.6 is 0 Å². The second-order valence-corrected chi connectivity index (χ2v) is 7.65. The molecule has 0 aliphatic heterocycles. The molecule has 3 aromatic carbocycles. The highest BCUT2D eigenvalue weighted by Crippen LogP contribution is 2.26. The van der Waals surface area contributed by atoms with Gasteiger partial charge in [-0.2, -0.15) is 0 Å². The Kier molecular flexibility index (Phi) is 4.86. The van der Waals surface area contributed by atoms with Crippen molar-refractivity contribution >= 4 is 15.7 Å². The molecule has 0 N–H and O–H groups in total. The van der Waals surface area contributed by atoms with E-state index >= 15 is 0 Å². The minimum Gasteiger partial charge on any atom is -0.262 e. The Labute approximate surface area is 147 Å². The van der Waals surface area contributed by atoms with Crippen LogP contribution in [0.15, 0.2) is 83.8 Å². The fourth-order valence-electron chi connectivity index (χ4n) is 2.62. The van der Waals surface area contributed by atoms with Gasteiger partial charge in [0, 0.05) is 0 Å². The lowest BCUT2D eigenvalue weighted by Gasteiger charge is -2.25. The molecule has 3 aromatic rings. The van der Waals surface area contributed by atoms with Crippen molar-refractivity contribution in [3.8, 4) is 0 Å². The fourth-order valence-corrected chi connectivity index (χ4v) is 4.09. The smallest absolute Gasteiger partial charge is 0.262 e. The van der Waals surface area contributed by atoms with Crippen LogP contribution in [0.5, 0.6) is 0 Å². The number of halogens is 1. The largest absolute Gasteiger partial charge is 0.264 e. The maximum Gasteiger partial charge on any atom is 0.264 e. The van der Waals surface area contributed by atoms with Gasteiger partial charge in [0.15, 0.2) is 0 Å². The van der Waals surface area contributed by atoms with E-state index in [4.69, 9.17) is 0 Å². The fraction of sp³-hybridized carbons (Fsp3) is 0.100. The van der Waals surface area contributed by atoms with Gasteiger partial charge in [-0.05, 0) is 48.9 Å². The molecule has 0 bridgehead atoms. The molecule has 0 spiro atoms. The number of hydrogen-bond donors (Lipinski definition) is 0. The third-order valence-corrected chi connectivity index (χ3v) is 5.64. The first-order valence-corrected chi connectivity index (χ1v) is 9.30. The third-order valence-electron chi connectivity index (χ3n) is 3.85. The third kappa shape index (κ3) is 3.88. The van der Waals surface area contributed by atoms with Crippen molar-refractivity contribution in [3.05, 3.63) is 95.8 Å². The zero-order valence-corrected chi connectivity index (χ0v) is 14.6. The van der Waals surface area contributed by atoms with Gasteiger partial charge < -0.3 is 0 Å². The van der Waals surface area contributed by atoms with Gasteiger partial charge in [-0.15, -0.1) is 0 Å². The second-order valence-electron chi connectivity index (χ2n) is 5.79. The molecule has 128 valence electrons. The Morgan fingerprint density at radius 3 is 2.20 bits per heavy atom. The summed E-state index contributed by atoms with van der Waals surface area (Å²) in [6.45, 7) is 2.13. The minimum atomic E-state index is -3.77. The molecule has 0 aliphatic rings. The Balaban J connectivity index is 2.07. The molecule has 5 heteroatoms. The molecule has 0 amide bonds. The predicted octanol–water partition coefficient (Wildman–Crippen LogP) is 4.53. The van der Waals surface area contributed by atoms with Gasteiger partial charge in [0.1, 0.15) is 5.82 Å². The van der Waals surface area contributed by atoms with Gasteiger partial charge in [0.25, 0.3) is 10.0 Å². The normalized spacial score (nSPS) is 11.3. The first kappa shape index (κ1) is 17.2. The number of nitrogens with zero attached hydrogens (tertiary/aromatic N) is 1. The summed E-state index contributed by atoms with van der Waals surface area (Å²) >= 11 is 0. The van der Waals surface area contributed by atoms with Crippen LogP contribution in [0.1, 0.15) is 11.1 Å². The molecule has 0 saturated carbocycles. The average Bonchev–Trinajstić information content (AvgIpc) is 2.61. The van der Waals surface area contributed by atoms with E-state index in [1.165, 1.54) is 28.6 Å². The summed E-state index contributed by atoms with van der Waals surface area (Å²) in [6.07, 6.45) is 0. The lowest BCUT2D eigenvalue weighted by atomic mass is 10.1. The number of aryl methyl sites for hydroxylation is 1. The molecule has 0 aromatic heterocycles. The summed E-state index contributed by atoms with van der Waals surface area (Å²) in [4.78, 5) is 0.201. The van der Waals surface area contributed by atoms with Gasteiger partial charge >= 0.3 is 0 Å². The molecule has 0 radical (unpaired) electrons. The molecule has 0 saturated heterocycles. The molecule has 3 rings (SSSR count). The van der Waals surface area contributed by atoms with Crippen LogP contribution < -0.4 is 4.31 Å². The SMILES string of the molecule is Cc1cccc(CN(c2ccc(F)cc2)S(=O)(=O)c2ccccc2)c1.